The van der Waals surface area contributed by atoms with E-state index >= 15 is 0 Å². The molecule has 1 N–H and O–H groups in total. The molecule has 8 nitrogen and oxygen atoms in total. The van der Waals surface area contributed by atoms with Crippen molar-refractivity contribution in [1.29, 1.82) is 0 Å². The lowest BCUT2D eigenvalue weighted by molar-refractivity contribution is 0.0959. The Labute approximate surface area is 188 Å². The molecule has 0 aliphatic carbocycles. The zero-order chi connectivity index (χ0) is 20.9. The van der Waals surface area contributed by atoms with E-state index in [0.717, 1.165) is 31.9 Å². The van der Waals surface area contributed by atoms with Crippen LogP contribution in [-0.2, 0) is 0 Å². The molecule has 0 bridgehead atoms. The lowest BCUT2D eigenvalue weighted by Crippen LogP contribution is -2.52. The normalized spacial score (nSPS) is 16.6. The Kier molecular flexibility index (Phi) is 7.59. The first-order valence-electron chi connectivity index (χ1n) is 10.1. The number of benzene rings is 1. The molecule has 0 spiro atoms. The topological polar surface area (TPSA) is 87.2 Å². The van der Waals surface area contributed by atoms with E-state index in [4.69, 9.17) is 4.74 Å². The fourth-order valence-corrected chi connectivity index (χ4v) is 3.88. The van der Waals surface area contributed by atoms with Crippen molar-refractivity contribution in [1.82, 2.24) is 25.1 Å². The van der Waals surface area contributed by atoms with Crippen LogP contribution < -0.4 is 9.64 Å². The number of aromatic nitrogens is 4. The van der Waals surface area contributed by atoms with Gasteiger partial charge < -0.3 is 9.64 Å². The van der Waals surface area contributed by atoms with Gasteiger partial charge in [-0.2, -0.15) is 5.10 Å². The maximum atomic E-state index is 12.8. The van der Waals surface area contributed by atoms with Crippen LogP contribution >= 0.6 is 12.4 Å². The summed E-state index contributed by atoms with van der Waals surface area (Å²) in [6.07, 6.45) is 5.37. The lowest BCUT2D eigenvalue weighted by Gasteiger charge is -2.41. The zero-order valence-corrected chi connectivity index (χ0v) is 18.5. The Morgan fingerprint density at radius 2 is 1.94 bits per heavy atom. The molecule has 3 heterocycles. The molecule has 0 amide bonds. The minimum absolute atomic E-state index is 0. The van der Waals surface area contributed by atoms with Crippen molar-refractivity contribution in [3.63, 3.8) is 0 Å². The van der Waals surface area contributed by atoms with Gasteiger partial charge >= 0.3 is 0 Å². The molecule has 164 valence electrons. The number of carbonyl (C=O) groups excluding carboxylic acids is 1. The van der Waals surface area contributed by atoms with Crippen LogP contribution in [0.2, 0.25) is 0 Å². The number of hydrogen-bond donors (Lipinski definition) is 1. The number of nitrogens with one attached hydrogen (secondary N) is 1. The smallest absolute Gasteiger partial charge is 0.180 e. The molecule has 1 fully saturated rings. The van der Waals surface area contributed by atoms with Crippen molar-refractivity contribution in [2.75, 3.05) is 38.2 Å². The molecule has 4 rings (SSSR count). The number of piperazine rings is 1. The van der Waals surface area contributed by atoms with E-state index in [9.17, 15) is 4.79 Å². The van der Waals surface area contributed by atoms with Crippen LogP contribution in [0.5, 0.6) is 5.75 Å². The molecule has 1 unspecified atom stereocenters. The van der Waals surface area contributed by atoms with Crippen LogP contribution in [0.4, 0.5) is 5.69 Å². The first kappa shape index (κ1) is 22.7. The molecule has 1 saturated heterocycles. The van der Waals surface area contributed by atoms with Gasteiger partial charge in [0.25, 0.3) is 0 Å². The van der Waals surface area contributed by atoms with Crippen LogP contribution in [0.3, 0.4) is 0 Å². The molecule has 9 heteroatoms. The highest BCUT2D eigenvalue weighted by Crippen LogP contribution is 2.24. The number of nitrogens with zero attached hydrogens (tertiary/aromatic N) is 5. The summed E-state index contributed by atoms with van der Waals surface area (Å²) in [5.41, 5.74) is 2.26. The minimum atomic E-state index is 0. The van der Waals surface area contributed by atoms with Crippen molar-refractivity contribution in [3.8, 4) is 17.3 Å². The van der Waals surface area contributed by atoms with Gasteiger partial charge in [0.15, 0.2) is 11.6 Å². The number of H-pyrrole nitrogens is 1. The predicted molar refractivity (Wildman–Crippen MR) is 122 cm³/mol. The van der Waals surface area contributed by atoms with E-state index in [1.165, 1.54) is 5.69 Å². The van der Waals surface area contributed by atoms with Crippen molar-refractivity contribution in [2.24, 2.45) is 0 Å². The summed E-state index contributed by atoms with van der Waals surface area (Å²) < 4.78 is 5.25. The average molecular weight is 443 g/mol. The largest absolute Gasteiger partial charge is 0.497 e. The monoisotopic (exact) mass is 442 g/mol. The van der Waals surface area contributed by atoms with Crippen LogP contribution in [0.15, 0.2) is 48.9 Å². The number of ether oxygens (including phenoxy) is 1. The van der Waals surface area contributed by atoms with E-state index in [2.05, 4.69) is 49.0 Å². The number of aromatic amines is 1. The number of rotatable bonds is 7. The molecule has 0 saturated carbocycles. The number of Topliss-reactive ketones (excluding diaryl/α,β-unsaturated/α-hetero) is 1. The molecule has 1 aromatic carbocycles. The minimum Gasteiger partial charge on any atom is -0.497 e. The Hall–Kier alpha value is -2.97. The van der Waals surface area contributed by atoms with Crippen LogP contribution in [0, 0.1) is 0 Å². The Morgan fingerprint density at radius 3 is 2.61 bits per heavy atom. The van der Waals surface area contributed by atoms with E-state index in [1.54, 1.807) is 31.8 Å². The van der Waals surface area contributed by atoms with Gasteiger partial charge in [0, 0.05) is 62.9 Å². The number of methoxy groups -OCH3 is 1. The molecule has 3 aromatic rings. The summed E-state index contributed by atoms with van der Waals surface area (Å²) in [6, 6.07) is 10.3. The number of halogens is 1. The summed E-state index contributed by atoms with van der Waals surface area (Å²) in [5, 5.41) is 6.94. The summed E-state index contributed by atoms with van der Waals surface area (Å²) in [6.45, 7) is 5.71. The molecule has 0 radical (unpaired) electrons. The highest BCUT2D eigenvalue weighted by atomic mass is 35.5. The molecular formula is C22H27ClN6O2. The van der Waals surface area contributed by atoms with Crippen LogP contribution in [0.25, 0.3) is 11.5 Å². The molecule has 1 atom stereocenters. The van der Waals surface area contributed by atoms with Gasteiger partial charge in [-0.05, 0) is 37.3 Å². The highest BCUT2D eigenvalue weighted by molar-refractivity contribution is 6.00. The van der Waals surface area contributed by atoms with E-state index in [1.807, 2.05) is 12.1 Å². The van der Waals surface area contributed by atoms with Gasteiger partial charge in [-0.3, -0.25) is 14.8 Å². The van der Waals surface area contributed by atoms with E-state index in [-0.39, 0.29) is 18.2 Å². The first-order valence-corrected chi connectivity index (χ1v) is 10.1. The Bertz CT molecular complexity index is 979. The van der Waals surface area contributed by atoms with Crippen LogP contribution in [-0.4, -0.2) is 70.2 Å². The number of carbonyl (C=O) groups is 1. The Balaban J connectivity index is 0.00000272. The standard InChI is InChI=1S/C22H26N6O2.ClH/c1-16-15-27(12-13-28(16)17-4-6-18(30-2)7-5-17)11-8-20(29)19-14-25-26-21(19)22-23-9-3-10-24-22;/h3-7,9-10,14,16H,8,11-13,15H2,1-2H3,(H,25,26);1H. The van der Waals surface area contributed by atoms with Crippen molar-refractivity contribution < 1.29 is 9.53 Å². The second kappa shape index (κ2) is 10.4. The third kappa shape index (κ3) is 5.21. The summed E-state index contributed by atoms with van der Waals surface area (Å²) in [4.78, 5) is 26.0. The number of anilines is 1. The van der Waals surface area contributed by atoms with Crippen molar-refractivity contribution >= 4 is 23.9 Å². The molecule has 31 heavy (non-hydrogen) atoms. The maximum absolute atomic E-state index is 12.8. The van der Waals surface area contributed by atoms with Gasteiger partial charge in [0.05, 0.1) is 12.7 Å². The van der Waals surface area contributed by atoms with Gasteiger partial charge in [-0.1, -0.05) is 0 Å². The number of hydrogen-bond acceptors (Lipinski definition) is 7. The van der Waals surface area contributed by atoms with Crippen LogP contribution in [0.1, 0.15) is 23.7 Å². The lowest BCUT2D eigenvalue weighted by atomic mass is 10.1. The van der Waals surface area contributed by atoms with Crippen molar-refractivity contribution in [2.45, 2.75) is 19.4 Å². The Morgan fingerprint density at radius 1 is 1.19 bits per heavy atom. The third-order valence-corrected chi connectivity index (χ3v) is 5.49. The molecule has 1 aliphatic rings. The molecule has 2 aromatic heterocycles. The summed E-state index contributed by atoms with van der Waals surface area (Å²) in [7, 11) is 1.68. The van der Waals surface area contributed by atoms with Crippen molar-refractivity contribution in [3.05, 3.63) is 54.5 Å². The molecule has 1 aliphatic heterocycles. The zero-order valence-electron chi connectivity index (χ0n) is 17.7. The maximum Gasteiger partial charge on any atom is 0.180 e. The first-order chi connectivity index (χ1) is 14.7. The van der Waals surface area contributed by atoms with Gasteiger partial charge in [0.2, 0.25) is 0 Å². The van der Waals surface area contributed by atoms with Gasteiger partial charge in [-0.15, -0.1) is 12.4 Å². The third-order valence-electron chi connectivity index (χ3n) is 5.49. The fourth-order valence-electron chi connectivity index (χ4n) is 3.88. The van der Waals surface area contributed by atoms with Gasteiger partial charge in [0.1, 0.15) is 11.4 Å². The second-order valence-electron chi connectivity index (χ2n) is 7.43. The fraction of sp³-hybridized carbons (Fsp3) is 0.364. The summed E-state index contributed by atoms with van der Waals surface area (Å²) in [5.74, 6) is 1.38. The number of ketones is 1. The van der Waals surface area contributed by atoms with E-state index < -0.39 is 0 Å². The predicted octanol–water partition coefficient (Wildman–Crippen LogP) is 3.08. The quantitative estimate of drug-likeness (QED) is 0.562. The highest BCUT2D eigenvalue weighted by Gasteiger charge is 2.25. The van der Waals surface area contributed by atoms with Gasteiger partial charge in [-0.25, -0.2) is 9.97 Å². The van der Waals surface area contributed by atoms with E-state index in [0.29, 0.717) is 29.5 Å². The second-order valence-corrected chi connectivity index (χ2v) is 7.43. The average Bonchev–Trinajstić information content (AvgIpc) is 3.28. The summed E-state index contributed by atoms with van der Waals surface area (Å²) >= 11 is 0. The SMILES string of the molecule is COc1ccc(N2CCN(CCC(=O)c3c[nH]nc3-c3ncccn3)CC2C)cc1.Cl. The molecular weight excluding hydrogens is 416 g/mol.